The maximum absolute atomic E-state index is 14.3. The van der Waals surface area contributed by atoms with Crippen LogP contribution in [0.1, 0.15) is 10.4 Å². The molecule has 0 spiro atoms. The van der Waals surface area contributed by atoms with E-state index in [4.69, 9.17) is 16.7 Å². The largest absolute Gasteiger partial charge is 0.477 e. The molecule has 1 heterocycles. The van der Waals surface area contributed by atoms with Crippen LogP contribution in [-0.4, -0.2) is 16.1 Å². The van der Waals surface area contributed by atoms with Gasteiger partial charge in [0.2, 0.25) is 5.43 Å². The van der Waals surface area contributed by atoms with Gasteiger partial charge in [0.25, 0.3) is 0 Å². The van der Waals surface area contributed by atoms with E-state index in [1.54, 1.807) is 24.3 Å². The highest BCUT2D eigenvalue weighted by atomic mass is 35.5. The lowest BCUT2D eigenvalue weighted by molar-refractivity contribution is 0.0695. The Morgan fingerprint density at radius 2 is 1.86 bits per heavy atom. The van der Waals surface area contributed by atoms with Gasteiger partial charge in [-0.15, -0.1) is 0 Å². The Bertz CT molecular complexity index is 948. The molecule has 0 aliphatic carbocycles. The fourth-order valence-electron chi connectivity index (χ4n) is 2.25. The first kappa shape index (κ1) is 14.3. The number of aromatic nitrogens is 1. The van der Waals surface area contributed by atoms with Crippen molar-refractivity contribution in [1.82, 2.24) is 4.98 Å². The molecule has 0 fully saturated rings. The van der Waals surface area contributed by atoms with Crippen molar-refractivity contribution in [3.63, 3.8) is 0 Å². The van der Waals surface area contributed by atoms with Crippen LogP contribution in [0, 0.1) is 5.82 Å². The monoisotopic (exact) mass is 317 g/mol. The Kier molecular flexibility index (Phi) is 3.42. The first-order valence-corrected chi connectivity index (χ1v) is 6.69. The smallest absolute Gasteiger partial charge is 0.341 e. The normalized spacial score (nSPS) is 10.8. The van der Waals surface area contributed by atoms with E-state index in [1.807, 2.05) is 0 Å². The molecule has 2 aromatic carbocycles. The quantitative estimate of drug-likeness (QED) is 0.757. The molecule has 4 nitrogen and oxygen atoms in total. The molecule has 3 rings (SSSR count). The average Bonchev–Trinajstić information content (AvgIpc) is 2.48. The van der Waals surface area contributed by atoms with Crippen molar-refractivity contribution in [3.05, 3.63) is 69.2 Å². The molecule has 0 radical (unpaired) electrons. The van der Waals surface area contributed by atoms with Crippen molar-refractivity contribution >= 4 is 28.5 Å². The predicted molar refractivity (Wildman–Crippen MR) is 81.9 cm³/mol. The predicted octanol–water partition coefficient (Wildman–Crippen LogP) is 3.69. The van der Waals surface area contributed by atoms with E-state index < -0.39 is 22.8 Å². The maximum atomic E-state index is 14.3. The maximum Gasteiger partial charge on any atom is 0.341 e. The molecule has 0 saturated carbocycles. The summed E-state index contributed by atoms with van der Waals surface area (Å²) in [6.45, 7) is 0. The highest BCUT2D eigenvalue weighted by molar-refractivity contribution is 6.30. The van der Waals surface area contributed by atoms with E-state index in [0.717, 1.165) is 12.3 Å². The summed E-state index contributed by atoms with van der Waals surface area (Å²) in [5, 5.41) is 9.45. The number of H-pyrrole nitrogens is 1. The summed E-state index contributed by atoms with van der Waals surface area (Å²) in [5.74, 6) is -1.96. The Morgan fingerprint density at radius 3 is 2.50 bits per heavy atom. The molecule has 0 bridgehead atoms. The minimum atomic E-state index is -1.36. The van der Waals surface area contributed by atoms with Crippen LogP contribution < -0.4 is 5.43 Å². The third kappa shape index (κ3) is 2.35. The van der Waals surface area contributed by atoms with Gasteiger partial charge in [0.15, 0.2) is 0 Å². The summed E-state index contributed by atoms with van der Waals surface area (Å²) < 4.78 is 14.3. The zero-order valence-electron chi connectivity index (χ0n) is 11.1. The second-order valence-corrected chi connectivity index (χ2v) is 5.16. The van der Waals surface area contributed by atoms with Crippen molar-refractivity contribution in [2.24, 2.45) is 0 Å². The van der Waals surface area contributed by atoms with Gasteiger partial charge in [-0.1, -0.05) is 23.7 Å². The number of halogens is 2. The highest BCUT2D eigenvalue weighted by Crippen LogP contribution is 2.27. The number of benzene rings is 2. The number of nitrogens with one attached hydrogen (secondary N) is 1. The highest BCUT2D eigenvalue weighted by Gasteiger charge is 2.14. The Balaban J connectivity index is 2.26. The topological polar surface area (TPSA) is 70.2 Å². The van der Waals surface area contributed by atoms with Crippen LogP contribution in [0.25, 0.3) is 22.0 Å². The lowest BCUT2D eigenvalue weighted by Gasteiger charge is -2.07. The Labute approximate surface area is 128 Å². The zero-order chi connectivity index (χ0) is 15.9. The molecule has 0 unspecified atom stereocenters. The van der Waals surface area contributed by atoms with Crippen LogP contribution in [0.15, 0.2) is 47.4 Å². The molecule has 0 amide bonds. The van der Waals surface area contributed by atoms with Crippen LogP contribution in [0.2, 0.25) is 5.02 Å². The molecule has 110 valence electrons. The fourth-order valence-corrected chi connectivity index (χ4v) is 2.38. The first-order valence-electron chi connectivity index (χ1n) is 6.31. The Morgan fingerprint density at radius 1 is 1.18 bits per heavy atom. The molecule has 22 heavy (non-hydrogen) atoms. The number of hydrogen-bond donors (Lipinski definition) is 2. The summed E-state index contributed by atoms with van der Waals surface area (Å²) in [4.78, 5) is 25.7. The van der Waals surface area contributed by atoms with Crippen LogP contribution in [0.3, 0.4) is 0 Å². The van der Waals surface area contributed by atoms with Gasteiger partial charge >= 0.3 is 5.97 Å². The lowest BCUT2D eigenvalue weighted by atomic mass is 10.0. The molecule has 2 N–H and O–H groups in total. The standard InChI is InChI=1S/C16H9ClFNO3/c17-9-3-1-8(2-4-9)10-6-14-11(5-13(10)18)15(20)12(7-19-14)16(21)22/h1-7H,(H,19,20)(H,21,22). The molecule has 0 aliphatic heterocycles. The first-order chi connectivity index (χ1) is 10.5. The van der Waals surface area contributed by atoms with Crippen molar-refractivity contribution < 1.29 is 14.3 Å². The molecular formula is C16H9ClFNO3. The summed E-state index contributed by atoms with van der Waals surface area (Å²) in [6, 6.07) is 9.12. The van der Waals surface area contributed by atoms with Crippen LogP contribution >= 0.6 is 11.6 Å². The van der Waals surface area contributed by atoms with E-state index in [2.05, 4.69) is 4.98 Å². The van der Waals surface area contributed by atoms with Gasteiger partial charge in [0.1, 0.15) is 11.4 Å². The number of rotatable bonds is 2. The lowest BCUT2D eigenvalue weighted by Crippen LogP contribution is -2.15. The number of aromatic carboxylic acids is 1. The van der Waals surface area contributed by atoms with Crippen molar-refractivity contribution in [1.29, 1.82) is 0 Å². The van der Waals surface area contributed by atoms with Gasteiger partial charge in [-0.3, -0.25) is 4.79 Å². The fraction of sp³-hybridized carbons (Fsp3) is 0. The number of pyridine rings is 1. The average molecular weight is 318 g/mol. The molecule has 0 aliphatic rings. The van der Waals surface area contributed by atoms with E-state index in [9.17, 15) is 14.0 Å². The van der Waals surface area contributed by atoms with E-state index in [1.165, 1.54) is 6.07 Å². The van der Waals surface area contributed by atoms with Gasteiger partial charge in [-0.05, 0) is 29.8 Å². The third-order valence-corrected chi connectivity index (χ3v) is 3.61. The van der Waals surface area contributed by atoms with Gasteiger partial charge < -0.3 is 10.1 Å². The summed E-state index contributed by atoms with van der Waals surface area (Å²) in [7, 11) is 0. The number of carboxylic acids is 1. The number of carboxylic acid groups (broad SMARTS) is 1. The van der Waals surface area contributed by atoms with Gasteiger partial charge in [-0.2, -0.15) is 0 Å². The summed E-state index contributed by atoms with van der Waals surface area (Å²) in [6.07, 6.45) is 1.11. The van der Waals surface area contributed by atoms with Crippen molar-refractivity contribution in [3.8, 4) is 11.1 Å². The van der Waals surface area contributed by atoms with Crippen LogP contribution in [-0.2, 0) is 0 Å². The van der Waals surface area contributed by atoms with E-state index in [-0.39, 0.29) is 5.39 Å². The third-order valence-electron chi connectivity index (χ3n) is 3.35. The van der Waals surface area contributed by atoms with E-state index in [0.29, 0.717) is 21.7 Å². The van der Waals surface area contributed by atoms with Crippen molar-refractivity contribution in [2.75, 3.05) is 0 Å². The van der Waals surface area contributed by atoms with Gasteiger partial charge in [0.05, 0.1) is 5.52 Å². The molecule has 1 aromatic heterocycles. The summed E-state index contributed by atoms with van der Waals surface area (Å²) >= 11 is 5.80. The van der Waals surface area contributed by atoms with E-state index >= 15 is 0 Å². The number of aromatic amines is 1. The molecule has 3 aromatic rings. The summed E-state index contributed by atoms with van der Waals surface area (Å²) in [5.41, 5.74) is 0.116. The SMILES string of the molecule is O=C(O)c1c[nH]c2cc(-c3ccc(Cl)cc3)c(F)cc2c1=O. The number of carbonyl (C=O) groups is 1. The van der Waals surface area contributed by atoms with Crippen LogP contribution in [0.4, 0.5) is 4.39 Å². The molecule has 6 heteroatoms. The second-order valence-electron chi connectivity index (χ2n) is 4.72. The van der Waals surface area contributed by atoms with Gasteiger partial charge in [-0.25, -0.2) is 9.18 Å². The van der Waals surface area contributed by atoms with Gasteiger partial charge in [0, 0.05) is 22.2 Å². The molecular weight excluding hydrogens is 309 g/mol. The van der Waals surface area contributed by atoms with Crippen molar-refractivity contribution in [2.45, 2.75) is 0 Å². The number of hydrogen-bond acceptors (Lipinski definition) is 2. The molecule has 0 saturated heterocycles. The number of fused-ring (bicyclic) bond motifs is 1. The minimum Gasteiger partial charge on any atom is -0.477 e. The zero-order valence-corrected chi connectivity index (χ0v) is 11.8. The minimum absolute atomic E-state index is 0.00452. The second kappa shape index (κ2) is 5.27. The van der Waals surface area contributed by atoms with Crippen LogP contribution in [0.5, 0.6) is 0 Å². The Hall–Kier alpha value is -2.66. The molecule has 0 atom stereocenters.